The number of para-hydroxylation sites is 1. The number of aromatic nitrogens is 2. The van der Waals surface area contributed by atoms with Crippen molar-refractivity contribution in [1.29, 1.82) is 0 Å². The van der Waals surface area contributed by atoms with Gasteiger partial charge < -0.3 is 10.1 Å². The van der Waals surface area contributed by atoms with E-state index in [1.807, 2.05) is 39.0 Å². The molecule has 1 N–H and O–H groups in total. The van der Waals surface area contributed by atoms with Gasteiger partial charge in [0.25, 0.3) is 0 Å². The lowest BCUT2D eigenvalue weighted by molar-refractivity contribution is -0.143. The van der Waals surface area contributed by atoms with Crippen molar-refractivity contribution in [2.45, 2.75) is 39.7 Å². The van der Waals surface area contributed by atoms with E-state index >= 15 is 0 Å². The molecule has 1 atom stereocenters. The summed E-state index contributed by atoms with van der Waals surface area (Å²) in [6.07, 6.45) is 2.68. The monoisotopic (exact) mass is 287 g/mol. The number of nitrogens with zero attached hydrogens (tertiary/aromatic N) is 2. The minimum Gasteiger partial charge on any atom is -0.466 e. The maximum absolute atomic E-state index is 11.4. The first-order valence-electron chi connectivity index (χ1n) is 7.24. The van der Waals surface area contributed by atoms with Gasteiger partial charge in [0, 0.05) is 17.8 Å². The number of ether oxygens (including phenoxy) is 1. The Morgan fingerprint density at radius 2 is 2.19 bits per heavy atom. The van der Waals surface area contributed by atoms with E-state index in [0.717, 1.165) is 22.3 Å². The first kappa shape index (κ1) is 15.2. The summed E-state index contributed by atoms with van der Waals surface area (Å²) in [6, 6.07) is 6.16. The Labute approximate surface area is 124 Å². The fourth-order valence-corrected chi connectivity index (χ4v) is 2.22. The number of nitrogens with one attached hydrogen (secondary N) is 1. The van der Waals surface area contributed by atoms with E-state index in [2.05, 4.69) is 15.3 Å². The van der Waals surface area contributed by atoms with Crippen LogP contribution in [0.2, 0.25) is 0 Å². The summed E-state index contributed by atoms with van der Waals surface area (Å²) in [5.74, 6) is 0.648. The standard InChI is InChI=1S/C16H21N3O2/c1-4-21-14(20)9-8-12(3)19-16-13-7-5-6-11(2)15(13)17-10-18-16/h5-7,10,12H,4,8-9H2,1-3H3,(H,17,18,19). The van der Waals surface area contributed by atoms with Crippen LogP contribution in [0.1, 0.15) is 32.3 Å². The molecule has 0 amide bonds. The molecule has 0 saturated carbocycles. The van der Waals surface area contributed by atoms with Gasteiger partial charge in [-0.1, -0.05) is 12.1 Å². The average molecular weight is 287 g/mol. The van der Waals surface area contributed by atoms with E-state index in [1.54, 1.807) is 6.33 Å². The summed E-state index contributed by atoms with van der Waals surface area (Å²) in [5, 5.41) is 4.35. The Hall–Kier alpha value is -2.17. The smallest absolute Gasteiger partial charge is 0.305 e. The lowest BCUT2D eigenvalue weighted by atomic mass is 10.1. The van der Waals surface area contributed by atoms with Gasteiger partial charge in [-0.15, -0.1) is 0 Å². The molecular weight excluding hydrogens is 266 g/mol. The second-order valence-electron chi connectivity index (χ2n) is 5.08. The number of fused-ring (bicyclic) bond motifs is 1. The molecule has 0 aliphatic heterocycles. The predicted molar refractivity (Wildman–Crippen MR) is 83.2 cm³/mol. The molecule has 0 fully saturated rings. The van der Waals surface area contributed by atoms with Crippen LogP contribution in [0.5, 0.6) is 0 Å². The topological polar surface area (TPSA) is 64.1 Å². The summed E-state index contributed by atoms with van der Waals surface area (Å²) in [5.41, 5.74) is 2.07. The van der Waals surface area contributed by atoms with Crippen molar-refractivity contribution in [3.63, 3.8) is 0 Å². The van der Waals surface area contributed by atoms with Crippen LogP contribution >= 0.6 is 0 Å². The summed E-state index contributed by atoms with van der Waals surface area (Å²) < 4.78 is 4.94. The molecule has 0 spiro atoms. The highest BCUT2D eigenvalue weighted by Crippen LogP contribution is 2.22. The summed E-state index contributed by atoms with van der Waals surface area (Å²) >= 11 is 0. The van der Waals surface area contributed by atoms with E-state index in [-0.39, 0.29) is 12.0 Å². The number of rotatable bonds is 6. The Morgan fingerprint density at radius 1 is 1.38 bits per heavy atom. The number of anilines is 1. The molecule has 1 heterocycles. The fraction of sp³-hybridized carbons (Fsp3) is 0.438. The van der Waals surface area contributed by atoms with Crippen molar-refractivity contribution in [3.05, 3.63) is 30.1 Å². The quantitative estimate of drug-likeness (QED) is 0.827. The number of esters is 1. The van der Waals surface area contributed by atoms with Crippen LogP contribution in [-0.4, -0.2) is 28.6 Å². The number of hydrogen-bond acceptors (Lipinski definition) is 5. The molecule has 5 nitrogen and oxygen atoms in total. The first-order chi connectivity index (χ1) is 10.1. The molecule has 1 unspecified atom stereocenters. The minimum absolute atomic E-state index is 0.132. The van der Waals surface area contributed by atoms with Crippen LogP contribution in [0, 0.1) is 6.92 Å². The Balaban J connectivity index is 2.06. The van der Waals surface area contributed by atoms with Crippen molar-refractivity contribution in [3.8, 4) is 0 Å². The van der Waals surface area contributed by atoms with Crippen molar-refractivity contribution >= 4 is 22.7 Å². The third-order valence-electron chi connectivity index (χ3n) is 3.34. The number of carbonyl (C=O) groups is 1. The molecule has 112 valence electrons. The maximum atomic E-state index is 11.4. The maximum Gasteiger partial charge on any atom is 0.305 e. The summed E-state index contributed by atoms with van der Waals surface area (Å²) in [4.78, 5) is 20.0. The molecule has 0 bridgehead atoms. The van der Waals surface area contributed by atoms with Crippen LogP contribution < -0.4 is 5.32 Å². The van der Waals surface area contributed by atoms with Gasteiger partial charge in [0.2, 0.25) is 0 Å². The summed E-state index contributed by atoms with van der Waals surface area (Å²) in [6.45, 7) is 6.30. The highest BCUT2D eigenvalue weighted by atomic mass is 16.5. The SMILES string of the molecule is CCOC(=O)CCC(C)Nc1ncnc2c(C)cccc12. The molecule has 0 aliphatic carbocycles. The van der Waals surface area contributed by atoms with Crippen LogP contribution in [-0.2, 0) is 9.53 Å². The largest absolute Gasteiger partial charge is 0.466 e. The molecule has 0 radical (unpaired) electrons. The van der Waals surface area contributed by atoms with Gasteiger partial charge in [-0.3, -0.25) is 4.79 Å². The lowest BCUT2D eigenvalue weighted by Gasteiger charge is -2.15. The van der Waals surface area contributed by atoms with Gasteiger partial charge in [-0.2, -0.15) is 0 Å². The van der Waals surface area contributed by atoms with Crippen LogP contribution in [0.15, 0.2) is 24.5 Å². The van der Waals surface area contributed by atoms with E-state index < -0.39 is 0 Å². The molecule has 5 heteroatoms. The average Bonchev–Trinajstić information content (AvgIpc) is 2.47. The molecule has 21 heavy (non-hydrogen) atoms. The zero-order valence-electron chi connectivity index (χ0n) is 12.7. The Morgan fingerprint density at radius 3 is 2.95 bits per heavy atom. The van der Waals surface area contributed by atoms with E-state index in [4.69, 9.17) is 4.74 Å². The zero-order chi connectivity index (χ0) is 15.2. The predicted octanol–water partition coefficient (Wildman–Crippen LogP) is 3.08. The van der Waals surface area contributed by atoms with E-state index in [9.17, 15) is 4.79 Å². The number of carbonyl (C=O) groups excluding carboxylic acids is 1. The van der Waals surface area contributed by atoms with Crippen LogP contribution in [0.3, 0.4) is 0 Å². The van der Waals surface area contributed by atoms with Crippen molar-refractivity contribution in [2.75, 3.05) is 11.9 Å². The van der Waals surface area contributed by atoms with E-state index in [1.165, 1.54) is 0 Å². The molecule has 1 aromatic carbocycles. The lowest BCUT2D eigenvalue weighted by Crippen LogP contribution is -2.18. The molecule has 2 aromatic rings. The second-order valence-corrected chi connectivity index (χ2v) is 5.08. The van der Waals surface area contributed by atoms with Gasteiger partial charge in [-0.25, -0.2) is 9.97 Å². The number of hydrogen-bond donors (Lipinski definition) is 1. The fourth-order valence-electron chi connectivity index (χ4n) is 2.22. The number of aryl methyl sites for hydroxylation is 1. The third kappa shape index (κ3) is 3.90. The van der Waals surface area contributed by atoms with E-state index in [0.29, 0.717) is 19.4 Å². The van der Waals surface area contributed by atoms with Crippen molar-refractivity contribution in [1.82, 2.24) is 9.97 Å². The Kier molecular flexibility index (Phi) is 5.09. The minimum atomic E-state index is -0.158. The highest BCUT2D eigenvalue weighted by molar-refractivity contribution is 5.90. The first-order valence-corrected chi connectivity index (χ1v) is 7.24. The normalized spacial score (nSPS) is 12.1. The van der Waals surface area contributed by atoms with Crippen LogP contribution in [0.25, 0.3) is 10.9 Å². The zero-order valence-corrected chi connectivity index (χ0v) is 12.7. The van der Waals surface area contributed by atoms with Gasteiger partial charge in [0.15, 0.2) is 0 Å². The number of benzene rings is 1. The molecule has 0 saturated heterocycles. The van der Waals surface area contributed by atoms with Crippen LogP contribution in [0.4, 0.5) is 5.82 Å². The van der Waals surface area contributed by atoms with Crippen molar-refractivity contribution in [2.24, 2.45) is 0 Å². The van der Waals surface area contributed by atoms with Gasteiger partial charge in [0.1, 0.15) is 12.1 Å². The third-order valence-corrected chi connectivity index (χ3v) is 3.34. The van der Waals surface area contributed by atoms with Gasteiger partial charge in [-0.05, 0) is 38.8 Å². The van der Waals surface area contributed by atoms with Gasteiger partial charge >= 0.3 is 5.97 Å². The second kappa shape index (κ2) is 7.02. The van der Waals surface area contributed by atoms with Crippen molar-refractivity contribution < 1.29 is 9.53 Å². The molecule has 1 aromatic heterocycles. The van der Waals surface area contributed by atoms with Gasteiger partial charge in [0.05, 0.1) is 12.1 Å². The summed E-state index contributed by atoms with van der Waals surface area (Å²) in [7, 11) is 0. The highest BCUT2D eigenvalue weighted by Gasteiger charge is 2.10. The molecule has 2 rings (SSSR count). The molecule has 0 aliphatic rings. The Bertz CT molecular complexity index is 628. The molecular formula is C16H21N3O2.